The van der Waals surface area contributed by atoms with Crippen molar-refractivity contribution in [3.8, 4) is 11.5 Å². The van der Waals surface area contributed by atoms with Gasteiger partial charge in [0.25, 0.3) is 5.91 Å². The third-order valence-electron chi connectivity index (χ3n) is 3.35. The van der Waals surface area contributed by atoms with Gasteiger partial charge in [0.15, 0.2) is 0 Å². The van der Waals surface area contributed by atoms with E-state index in [-0.39, 0.29) is 0 Å². The fraction of sp³-hybridized carbons (Fsp3) is 0.167. The van der Waals surface area contributed by atoms with Gasteiger partial charge in [0.05, 0.1) is 33.1 Å². The zero-order valence-electron chi connectivity index (χ0n) is 14.1. The molecule has 0 aliphatic heterocycles. The highest BCUT2D eigenvalue weighted by Gasteiger charge is 2.11. The zero-order chi connectivity index (χ0) is 18.2. The number of methoxy groups -OCH3 is 3. The molecule has 0 radical (unpaired) electrons. The number of amides is 1. The molecule has 0 aromatic heterocycles. The Morgan fingerprint density at radius 3 is 2.24 bits per heavy atom. The summed E-state index contributed by atoms with van der Waals surface area (Å²) in [5, 5.41) is 3.89. The second-order valence-electron chi connectivity index (χ2n) is 4.88. The highest BCUT2D eigenvalue weighted by atomic mass is 16.5. The Labute approximate surface area is 145 Å². The van der Waals surface area contributed by atoms with Crippen LogP contribution < -0.4 is 14.9 Å². The summed E-state index contributed by atoms with van der Waals surface area (Å²) in [5.74, 6) is 0.0592. The Bertz CT molecular complexity index is 780. The van der Waals surface area contributed by atoms with Crippen LogP contribution in [-0.2, 0) is 4.74 Å². The molecule has 7 heteroatoms. The molecule has 0 atom stereocenters. The molecule has 0 aliphatic carbocycles. The van der Waals surface area contributed by atoms with Crippen LogP contribution in [0.1, 0.15) is 26.3 Å². The Hall–Kier alpha value is -3.35. The molecule has 2 aromatic carbocycles. The van der Waals surface area contributed by atoms with E-state index in [1.54, 1.807) is 42.5 Å². The van der Waals surface area contributed by atoms with Crippen molar-refractivity contribution < 1.29 is 23.8 Å². The van der Waals surface area contributed by atoms with Gasteiger partial charge >= 0.3 is 5.97 Å². The number of benzene rings is 2. The van der Waals surface area contributed by atoms with Gasteiger partial charge in [0, 0.05) is 17.2 Å². The lowest BCUT2D eigenvalue weighted by Gasteiger charge is -2.07. The highest BCUT2D eigenvalue weighted by Crippen LogP contribution is 2.22. The van der Waals surface area contributed by atoms with Crippen molar-refractivity contribution in [3.05, 3.63) is 59.2 Å². The first-order valence-corrected chi connectivity index (χ1v) is 7.33. The predicted octanol–water partition coefficient (Wildman–Crippen LogP) is 2.25. The summed E-state index contributed by atoms with van der Waals surface area (Å²) in [6.45, 7) is 0. The largest absolute Gasteiger partial charge is 0.497 e. The molecule has 2 rings (SSSR count). The lowest BCUT2D eigenvalue weighted by molar-refractivity contribution is 0.0600. The minimum absolute atomic E-state index is 0.328. The van der Waals surface area contributed by atoms with Crippen LogP contribution >= 0.6 is 0 Å². The zero-order valence-corrected chi connectivity index (χ0v) is 14.1. The molecule has 0 fully saturated rings. The minimum atomic E-state index is -0.481. The van der Waals surface area contributed by atoms with Crippen LogP contribution in [0.25, 0.3) is 0 Å². The smallest absolute Gasteiger partial charge is 0.338 e. The summed E-state index contributed by atoms with van der Waals surface area (Å²) in [6, 6.07) is 11.6. The third-order valence-corrected chi connectivity index (χ3v) is 3.35. The minimum Gasteiger partial charge on any atom is -0.497 e. The first kappa shape index (κ1) is 18.0. The van der Waals surface area contributed by atoms with Gasteiger partial charge in [-0.15, -0.1) is 0 Å². The molecular weight excluding hydrogens is 324 g/mol. The van der Waals surface area contributed by atoms with Gasteiger partial charge in [-0.25, -0.2) is 10.2 Å². The van der Waals surface area contributed by atoms with E-state index < -0.39 is 11.9 Å². The number of nitrogens with zero attached hydrogens (tertiary/aromatic N) is 1. The number of carbonyl (C=O) groups excluding carboxylic acids is 2. The van der Waals surface area contributed by atoms with E-state index in [9.17, 15) is 9.59 Å². The molecule has 25 heavy (non-hydrogen) atoms. The molecule has 1 N–H and O–H groups in total. The maximum Gasteiger partial charge on any atom is 0.338 e. The van der Waals surface area contributed by atoms with Crippen molar-refractivity contribution in [2.45, 2.75) is 0 Å². The number of carbonyl (C=O) groups is 2. The summed E-state index contributed by atoms with van der Waals surface area (Å²) >= 11 is 0. The highest BCUT2D eigenvalue weighted by molar-refractivity contribution is 6.00. The van der Waals surface area contributed by atoms with E-state index in [0.717, 1.165) is 0 Å². The van der Waals surface area contributed by atoms with E-state index in [1.165, 1.54) is 27.5 Å². The fourth-order valence-corrected chi connectivity index (χ4v) is 2.07. The quantitative estimate of drug-likeness (QED) is 0.494. The van der Waals surface area contributed by atoms with Gasteiger partial charge in [0.1, 0.15) is 11.5 Å². The molecule has 130 valence electrons. The number of nitrogens with one attached hydrogen (secondary N) is 1. The van der Waals surface area contributed by atoms with Crippen LogP contribution in [0.5, 0.6) is 11.5 Å². The summed E-state index contributed by atoms with van der Waals surface area (Å²) in [6.07, 6.45) is 1.38. The van der Waals surface area contributed by atoms with Gasteiger partial charge in [0.2, 0.25) is 0 Å². The lowest BCUT2D eigenvalue weighted by atomic mass is 10.1. The molecule has 1 amide bonds. The van der Waals surface area contributed by atoms with Gasteiger partial charge in [-0.3, -0.25) is 4.79 Å². The molecule has 2 aromatic rings. The van der Waals surface area contributed by atoms with Crippen molar-refractivity contribution in [3.63, 3.8) is 0 Å². The van der Waals surface area contributed by atoms with Crippen molar-refractivity contribution >= 4 is 18.1 Å². The Balaban J connectivity index is 2.15. The van der Waals surface area contributed by atoms with Crippen LogP contribution in [0.2, 0.25) is 0 Å². The monoisotopic (exact) mass is 342 g/mol. The van der Waals surface area contributed by atoms with E-state index in [0.29, 0.717) is 28.2 Å². The average Bonchev–Trinajstić information content (AvgIpc) is 2.67. The number of hydrogen-bond donors (Lipinski definition) is 1. The fourth-order valence-electron chi connectivity index (χ4n) is 2.07. The molecule has 0 aliphatic rings. The predicted molar refractivity (Wildman–Crippen MR) is 92.4 cm³/mol. The number of ether oxygens (including phenoxy) is 3. The standard InChI is InChI=1S/C18H18N2O5/c1-23-14-8-13(9-15(10-14)24-2)17(21)20-19-11-12-6-4-5-7-16(12)18(22)25-3/h4-11H,1-3H3,(H,20,21)/b19-11-. The molecule has 0 heterocycles. The average molecular weight is 342 g/mol. The number of rotatable bonds is 6. The Kier molecular flexibility index (Phi) is 6.11. The summed E-state index contributed by atoms with van der Waals surface area (Å²) in [5.41, 5.74) is 3.61. The lowest BCUT2D eigenvalue weighted by Crippen LogP contribution is -2.18. The van der Waals surface area contributed by atoms with Crippen molar-refractivity contribution in [2.75, 3.05) is 21.3 Å². The van der Waals surface area contributed by atoms with E-state index >= 15 is 0 Å². The Morgan fingerprint density at radius 1 is 1.00 bits per heavy atom. The number of esters is 1. The van der Waals surface area contributed by atoms with Crippen molar-refractivity contribution in [2.24, 2.45) is 5.10 Å². The van der Waals surface area contributed by atoms with Gasteiger partial charge in [-0.2, -0.15) is 5.10 Å². The maximum atomic E-state index is 12.2. The molecule has 0 spiro atoms. The first-order chi connectivity index (χ1) is 12.1. The maximum absolute atomic E-state index is 12.2. The van der Waals surface area contributed by atoms with E-state index in [1.807, 2.05) is 0 Å². The van der Waals surface area contributed by atoms with Crippen LogP contribution in [0.4, 0.5) is 0 Å². The Morgan fingerprint density at radius 2 is 1.64 bits per heavy atom. The summed E-state index contributed by atoms with van der Waals surface area (Å²) < 4.78 is 15.0. The summed E-state index contributed by atoms with van der Waals surface area (Å²) in [7, 11) is 4.30. The van der Waals surface area contributed by atoms with Crippen LogP contribution in [0.15, 0.2) is 47.6 Å². The van der Waals surface area contributed by atoms with Gasteiger partial charge in [-0.05, 0) is 18.2 Å². The van der Waals surface area contributed by atoms with Crippen LogP contribution in [0, 0.1) is 0 Å². The third kappa shape index (κ3) is 4.57. The molecule has 0 unspecified atom stereocenters. The molecule has 0 saturated heterocycles. The normalized spacial score (nSPS) is 10.4. The molecule has 0 bridgehead atoms. The first-order valence-electron chi connectivity index (χ1n) is 7.33. The van der Waals surface area contributed by atoms with Crippen LogP contribution in [-0.4, -0.2) is 39.4 Å². The number of hydrogen-bond acceptors (Lipinski definition) is 6. The van der Waals surface area contributed by atoms with Crippen molar-refractivity contribution in [1.29, 1.82) is 0 Å². The molecule has 0 saturated carbocycles. The summed E-state index contributed by atoms with van der Waals surface area (Å²) in [4.78, 5) is 23.9. The van der Waals surface area contributed by atoms with Gasteiger partial charge in [-0.1, -0.05) is 18.2 Å². The van der Waals surface area contributed by atoms with E-state index in [4.69, 9.17) is 14.2 Å². The SMILES string of the molecule is COC(=O)c1ccccc1/C=N\NC(=O)c1cc(OC)cc(OC)c1. The second kappa shape index (κ2) is 8.49. The topological polar surface area (TPSA) is 86.2 Å². The van der Waals surface area contributed by atoms with Crippen molar-refractivity contribution in [1.82, 2.24) is 5.43 Å². The second-order valence-corrected chi connectivity index (χ2v) is 4.88. The molecule has 7 nitrogen and oxygen atoms in total. The van der Waals surface area contributed by atoms with Crippen LogP contribution in [0.3, 0.4) is 0 Å². The molecular formula is C18H18N2O5. The van der Waals surface area contributed by atoms with E-state index in [2.05, 4.69) is 10.5 Å². The number of hydrazone groups is 1. The van der Waals surface area contributed by atoms with Gasteiger partial charge < -0.3 is 14.2 Å².